The Morgan fingerprint density at radius 1 is 0.950 bits per heavy atom. The van der Waals surface area contributed by atoms with E-state index in [1.807, 2.05) is 60.4 Å². The quantitative estimate of drug-likeness (QED) is 0.189. The third-order valence-corrected chi connectivity index (χ3v) is 8.29. The van der Waals surface area contributed by atoms with Crippen LogP contribution >= 0.6 is 11.6 Å². The van der Waals surface area contributed by atoms with Crippen LogP contribution in [0.3, 0.4) is 0 Å². The van der Waals surface area contributed by atoms with E-state index >= 15 is 0 Å². The topological polar surface area (TPSA) is 62.4 Å². The van der Waals surface area contributed by atoms with Crippen molar-refractivity contribution in [2.45, 2.75) is 18.9 Å². The van der Waals surface area contributed by atoms with Gasteiger partial charge in [-0.2, -0.15) is 0 Å². The Bertz CT molecular complexity index is 1850. The van der Waals surface area contributed by atoms with Gasteiger partial charge in [-0.15, -0.1) is 0 Å². The Balaban J connectivity index is 1.40. The lowest BCUT2D eigenvalue weighted by Crippen LogP contribution is -2.48. The van der Waals surface area contributed by atoms with Crippen LogP contribution in [-0.2, 0) is 12.0 Å². The molecule has 2 aliphatic rings. The van der Waals surface area contributed by atoms with Gasteiger partial charge >= 0.3 is 5.97 Å². The van der Waals surface area contributed by atoms with Crippen molar-refractivity contribution in [3.63, 3.8) is 0 Å². The van der Waals surface area contributed by atoms with Crippen LogP contribution < -0.4 is 4.74 Å². The number of carbonyl (C=O) groups is 2. The van der Waals surface area contributed by atoms with Crippen LogP contribution in [0.25, 0.3) is 16.5 Å². The molecular formula is C34H25ClN2O3. The summed E-state index contributed by atoms with van der Waals surface area (Å²) in [5.74, 6) is 0.00418. The molecule has 2 aliphatic heterocycles. The van der Waals surface area contributed by atoms with Crippen LogP contribution in [0.1, 0.15) is 50.0 Å². The zero-order valence-corrected chi connectivity index (χ0v) is 22.5. The molecule has 1 atom stereocenters. The predicted molar refractivity (Wildman–Crippen MR) is 157 cm³/mol. The molecule has 1 amide bonds. The molecule has 5 nitrogen and oxygen atoms in total. The summed E-state index contributed by atoms with van der Waals surface area (Å²) in [4.78, 5) is 32.4. The van der Waals surface area contributed by atoms with E-state index in [2.05, 4.69) is 29.3 Å². The second-order valence-electron chi connectivity index (χ2n) is 10.3. The number of ether oxygens (including phenoxy) is 1. The summed E-state index contributed by atoms with van der Waals surface area (Å²) in [5, 5.41) is 1.73. The van der Waals surface area contributed by atoms with Crippen LogP contribution in [0.4, 0.5) is 0 Å². The number of halogens is 1. The lowest BCUT2D eigenvalue weighted by molar-refractivity contribution is 0.0665. The van der Waals surface area contributed by atoms with E-state index in [1.165, 1.54) is 10.9 Å². The lowest BCUT2D eigenvalue weighted by atomic mass is 9.79. The highest BCUT2D eigenvalue weighted by Crippen LogP contribution is 2.51. The van der Waals surface area contributed by atoms with Crippen LogP contribution in [0.2, 0.25) is 5.02 Å². The highest BCUT2D eigenvalue weighted by Gasteiger charge is 2.53. The molecule has 0 bridgehead atoms. The third kappa shape index (κ3) is 3.62. The summed E-state index contributed by atoms with van der Waals surface area (Å²) in [6.45, 7) is 2.60. The summed E-state index contributed by atoms with van der Waals surface area (Å²) < 4.78 is 5.89. The van der Waals surface area contributed by atoms with Gasteiger partial charge in [-0.25, -0.2) is 4.79 Å². The van der Waals surface area contributed by atoms with Gasteiger partial charge in [0.05, 0.1) is 11.3 Å². The van der Waals surface area contributed by atoms with Gasteiger partial charge in [0.15, 0.2) is 0 Å². The standard InChI is InChI=1S/C34H25ClN2O3/c1-21(24-8-4-7-13-30(24)40-33(39)22-14-16-23(35)17-15-22)20-34-28-11-5-2-10-27(28)32(38)37(34)19-18-26-25-9-3-6-12-29(25)36-31(26)34/h2-17,20,36H,18-19H2,1H3/b21-20+/t34-/m0/s1. The van der Waals surface area contributed by atoms with Gasteiger partial charge in [-0.1, -0.05) is 66.2 Å². The number of esters is 1. The largest absolute Gasteiger partial charge is 0.422 e. The number of para-hydroxylation sites is 2. The van der Waals surface area contributed by atoms with E-state index in [0.29, 0.717) is 28.4 Å². The number of aromatic amines is 1. The van der Waals surface area contributed by atoms with E-state index in [-0.39, 0.29) is 5.91 Å². The number of hydrogen-bond donors (Lipinski definition) is 1. The minimum atomic E-state index is -0.822. The average Bonchev–Trinajstić information content (AvgIpc) is 3.48. The molecule has 4 aromatic carbocycles. The average molecular weight is 545 g/mol. The molecule has 1 N–H and O–H groups in total. The Morgan fingerprint density at radius 2 is 1.68 bits per heavy atom. The molecule has 1 aromatic heterocycles. The van der Waals surface area contributed by atoms with E-state index in [1.54, 1.807) is 30.3 Å². The maximum Gasteiger partial charge on any atom is 0.343 e. The van der Waals surface area contributed by atoms with Crippen molar-refractivity contribution in [2.24, 2.45) is 0 Å². The first-order valence-corrected chi connectivity index (χ1v) is 13.6. The summed E-state index contributed by atoms with van der Waals surface area (Å²) in [6, 6.07) is 30.3. The number of amides is 1. The Hall–Kier alpha value is -4.61. The molecule has 0 radical (unpaired) electrons. The van der Waals surface area contributed by atoms with Gasteiger partial charge in [-0.05, 0) is 73.0 Å². The number of allylic oxidation sites excluding steroid dienone is 1. The molecule has 0 spiro atoms. The van der Waals surface area contributed by atoms with Gasteiger partial charge in [0.1, 0.15) is 11.3 Å². The fourth-order valence-corrected chi connectivity index (χ4v) is 6.38. The number of hydrogen-bond acceptors (Lipinski definition) is 3. The van der Waals surface area contributed by atoms with E-state index in [0.717, 1.165) is 34.3 Å². The predicted octanol–water partition coefficient (Wildman–Crippen LogP) is 7.40. The molecule has 0 unspecified atom stereocenters. The van der Waals surface area contributed by atoms with Crippen molar-refractivity contribution in [3.8, 4) is 5.75 Å². The molecule has 7 rings (SSSR count). The minimum absolute atomic E-state index is 0.0198. The van der Waals surface area contributed by atoms with E-state index < -0.39 is 11.5 Å². The number of rotatable bonds is 4. The van der Waals surface area contributed by atoms with Crippen molar-refractivity contribution in [1.82, 2.24) is 9.88 Å². The van der Waals surface area contributed by atoms with Crippen molar-refractivity contribution in [1.29, 1.82) is 0 Å². The van der Waals surface area contributed by atoms with Gasteiger partial charge in [0.25, 0.3) is 5.91 Å². The zero-order valence-electron chi connectivity index (χ0n) is 21.8. The first-order chi connectivity index (χ1) is 19.5. The fourth-order valence-electron chi connectivity index (χ4n) is 6.25. The molecule has 5 aromatic rings. The number of fused-ring (bicyclic) bond motifs is 7. The number of benzene rings is 4. The second kappa shape index (κ2) is 9.25. The summed E-state index contributed by atoms with van der Waals surface area (Å²) in [5.41, 5.74) is 6.20. The molecule has 196 valence electrons. The Labute approximate surface area is 236 Å². The van der Waals surface area contributed by atoms with Crippen LogP contribution in [0.15, 0.2) is 103 Å². The van der Waals surface area contributed by atoms with Gasteiger partial charge < -0.3 is 14.6 Å². The summed E-state index contributed by atoms with van der Waals surface area (Å²) >= 11 is 6.00. The zero-order chi connectivity index (χ0) is 27.4. The highest BCUT2D eigenvalue weighted by molar-refractivity contribution is 6.30. The SMILES string of the molecule is C/C(=C\[C@@]12c3ccccc3C(=O)N1CCc1c2[nH]c2ccccc12)c1ccccc1OC(=O)c1ccc(Cl)cc1. The highest BCUT2D eigenvalue weighted by atomic mass is 35.5. The number of aromatic nitrogens is 1. The van der Waals surface area contributed by atoms with Crippen molar-refractivity contribution in [3.05, 3.63) is 142 Å². The lowest BCUT2D eigenvalue weighted by Gasteiger charge is -2.41. The molecule has 3 heterocycles. The maximum absolute atomic E-state index is 13.8. The normalized spacial score (nSPS) is 17.9. The van der Waals surface area contributed by atoms with Crippen molar-refractivity contribution < 1.29 is 14.3 Å². The van der Waals surface area contributed by atoms with Crippen LogP contribution in [-0.4, -0.2) is 28.3 Å². The van der Waals surface area contributed by atoms with Gasteiger partial charge in [0, 0.05) is 39.2 Å². The van der Waals surface area contributed by atoms with E-state index in [9.17, 15) is 9.59 Å². The molecule has 0 saturated carbocycles. The minimum Gasteiger partial charge on any atom is -0.422 e. The van der Waals surface area contributed by atoms with Crippen molar-refractivity contribution in [2.75, 3.05) is 6.54 Å². The van der Waals surface area contributed by atoms with Crippen LogP contribution in [0.5, 0.6) is 5.75 Å². The first-order valence-electron chi connectivity index (χ1n) is 13.3. The monoisotopic (exact) mass is 544 g/mol. The molecule has 6 heteroatoms. The number of H-pyrrole nitrogens is 1. The second-order valence-corrected chi connectivity index (χ2v) is 10.7. The maximum atomic E-state index is 13.8. The Morgan fingerprint density at radius 3 is 2.52 bits per heavy atom. The number of nitrogens with one attached hydrogen (secondary N) is 1. The third-order valence-electron chi connectivity index (χ3n) is 8.04. The number of carbonyl (C=O) groups excluding carboxylic acids is 2. The summed E-state index contributed by atoms with van der Waals surface area (Å²) in [7, 11) is 0. The molecule has 0 saturated heterocycles. The molecule has 40 heavy (non-hydrogen) atoms. The summed E-state index contributed by atoms with van der Waals surface area (Å²) in [6.07, 6.45) is 2.92. The van der Waals surface area contributed by atoms with Gasteiger partial charge in [-0.3, -0.25) is 4.79 Å². The molecule has 0 fully saturated rings. The Kier molecular flexibility index (Phi) is 5.65. The molecule has 0 aliphatic carbocycles. The fraction of sp³-hybridized carbons (Fsp3) is 0.118. The number of nitrogens with zero attached hydrogens (tertiary/aromatic N) is 1. The molecular weight excluding hydrogens is 520 g/mol. The first kappa shape index (κ1) is 24.4. The van der Waals surface area contributed by atoms with Gasteiger partial charge in [0.2, 0.25) is 0 Å². The smallest absolute Gasteiger partial charge is 0.343 e. The van der Waals surface area contributed by atoms with Crippen LogP contribution in [0, 0.1) is 0 Å². The van der Waals surface area contributed by atoms with E-state index in [4.69, 9.17) is 16.3 Å². The van der Waals surface area contributed by atoms with Crippen molar-refractivity contribution >= 4 is 40.0 Å².